The smallest absolute Gasteiger partial charge is 0.335 e. The lowest BCUT2D eigenvalue weighted by Crippen LogP contribution is -2.75. The lowest BCUT2D eigenvalue weighted by molar-refractivity contribution is -0.364. The molecule has 6 fully saturated rings. The molecule has 7 rings (SSSR count). The van der Waals surface area contributed by atoms with E-state index in [1.54, 1.807) is 13.0 Å². The summed E-state index contributed by atoms with van der Waals surface area (Å²) in [6, 6.07) is 3.10. The van der Waals surface area contributed by atoms with Crippen molar-refractivity contribution in [3.05, 3.63) is 34.4 Å². The van der Waals surface area contributed by atoms with Gasteiger partial charge >= 0.3 is 11.6 Å². The molecule has 1 aromatic rings. The monoisotopic (exact) mass is 782 g/mol. The topological polar surface area (TPSA) is 244 Å². The zero-order valence-electron chi connectivity index (χ0n) is 32.1. The molecule has 2 aliphatic heterocycles. The summed E-state index contributed by atoms with van der Waals surface area (Å²) < 4.78 is 40.2. The first kappa shape index (κ1) is 41.1. The van der Waals surface area contributed by atoms with Crippen molar-refractivity contribution in [3.8, 4) is 0 Å². The summed E-state index contributed by atoms with van der Waals surface area (Å²) in [6.45, 7) is 6.32. The molecular weight excluding hydrogens is 724 g/mol. The van der Waals surface area contributed by atoms with Crippen LogP contribution in [0.3, 0.4) is 0 Å². The molecule has 55 heavy (non-hydrogen) atoms. The first-order chi connectivity index (χ1) is 25.9. The van der Waals surface area contributed by atoms with Gasteiger partial charge in [0.25, 0.3) is 0 Å². The maximum absolute atomic E-state index is 12.9. The fourth-order valence-electron chi connectivity index (χ4n) is 11.9. The highest BCUT2D eigenvalue weighted by Gasteiger charge is 2.75. The van der Waals surface area contributed by atoms with Gasteiger partial charge in [-0.2, -0.15) is 0 Å². The molecule has 16 heteroatoms. The van der Waals surface area contributed by atoms with Gasteiger partial charge in [0.1, 0.15) is 54.4 Å². The molecule has 4 aliphatic carbocycles. The summed E-state index contributed by atoms with van der Waals surface area (Å²) in [4.78, 5) is 24.3. The van der Waals surface area contributed by atoms with E-state index in [0.717, 1.165) is 5.56 Å². The molecule has 16 nitrogen and oxygen atoms in total. The van der Waals surface area contributed by atoms with Crippen molar-refractivity contribution in [2.24, 2.45) is 22.7 Å². The number of aliphatic hydroxyl groups is 7. The Morgan fingerprint density at radius 1 is 0.909 bits per heavy atom. The van der Waals surface area contributed by atoms with E-state index in [1.807, 2.05) is 6.92 Å². The average molecular weight is 783 g/mol. The van der Waals surface area contributed by atoms with Crippen LogP contribution in [0.2, 0.25) is 0 Å². The van der Waals surface area contributed by atoms with Gasteiger partial charge in [-0.1, -0.05) is 13.8 Å². The minimum Gasteiger partial charge on any atom is -0.462 e. The summed E-state index contributed by atoms with van der Waals surface area (Å²) in [7, 11) is 1.32. The number of esters is 1. The third-order valence-electron chi connectivity index (χ3n) is 14.8. The van der Waals surface area contributed by atoms with Gasteiger partial charge in [0.2, 0.25) is 0 Å². The Bertz CT molecular complexity index is 1580. The highest BCUT2D eigenvalue weighted by Crippen LogP contribution is 2.72. The largest absolute Gasteiger partial charge is 0.462 e. The van der Waals surface area contributed by atoms with Gasteiger partial charge in [0.05, 0.1) is 30.7 Å². The lowest BCUT2D eigenvalue weighted by Gasteiger charge is -2.68. The van der Waals surface area contributed by atoms with Crippen molar-refractivity contribution in [3.63, 3.8) is 0 Å². The van der Waals surface area contributed by atoms with E-state index in [2.05, 4.69) is 6.92 Å². The number of methoxy groups -OCH3 is 1. The van der Waals surface area contributed by atoms with Crippen molar-refractivity contribution in [2.45, 2.75) is 170 Å². The molecule has 19 unspecified atom stereocenters. The second-order valence-corrected chi connectivity index (χ2v) is 17.5. The predicted octanol–water partition coefficient (Wildman–Crippen LogP) is 0.229. The van der Waals surface area contributed by atoms with Crippen LogP contribution in [0.15, 0.2) is 27.6 Å². The Hall–Kier alpha value is -2.06. The summed E-state index contributed by atoms with van der Waals surface area (Å²) >= 11 is 0. The SMILES string of the molecule is COC1C(O)C(C)OC(OC2C(CO)OC(OC3CCC4(C)C(C3)C(OC(C)=O)CC3(O)C4CCC4(C)C(c5ccc(=O)oc5)CCC43O)C(O)C2O)C1O. The molecule has 3 heterocycles. The molecule has 0 bridgehead atoms. The Balaban J connectivity index is 1.08. The van der Waals surface area contributed by atoms with Gasteiger partial charge in [-0.05, 0) is 80.8 Å². The zero-order chi connectivity index (χ0) is 39.8. The minimum absolute atomic E-state index is 0.00837. The number of aliphatic hydroxyl groups excluding tert-OH is 5. The van der Waals surface area contributed by atoms with E-state index in [0.29, 0.717) is 44.9 Å². The molecule has 7 N–H and O–H groups in total. The van der Waals surface area contributed by atoms with Crippen LogP contribution in [0.25, 0.3) is 0 Å². The Kier molecular flexibility index (Phi) is 11.2. The fourth-order valence-corrected chi connectivity index (χ4v) is 11.9. The molecular formula is C39H58O16. The summed E-state index contributed by atoms with van der Waals surface area (Å²) in [5.74, 6) is -1.35. The number of ether oxygens (including phenoxy) is 6. The summed E-state index contributed by atoms with van der Waals surface area (Å²) in [5, 5.41) is 79.6. The van der Waals surface area contributed by atoms with Crippen LogP contribution in [-0.4, -0.2) is 140 Å². The van der Waals surface area contributed by atoms with E-state index >= 15 is 0 Å². The van der Waals surface area contributed by atoms with Crippen LogP contribution in [-0.2, 0) is 33.2 Å². The van der Waals surface area contributed by atoms with Crippen molar-refractivity contribution < 1.29 is 73.4 Å². The third kappa shape index (κ3) is 6.52. The highest BCUT2D eigenvalue weighted by atomic mass is 16.7. The average Bonchev–Trinajstić information content (AvgIpc) is 3.42. The first-order valence-corrected chi connectivity index (χ1v) is 19.6. The number of hydrogen-bond acceptors (Lipinski definition) is 16. The van der Waals surface area contributed by atoms with Gasteiger partial charge in [0, 0.05) is 37.9 Å². The van der Waals surface area contributed by atoms with Crippen LogP contribution in [0, 0.1) is 22.7 Å². The van der Waals surface area contributed by atoms with E-state index in [-0.39, 0.29) is 24.2 Å². The van der Waals surface area contributed by atoms with Crippen molar-refractivity contribution in [1.82, 2.24) is 0 Å². The summed E-state index contributed by atoms with van der Waals surface area (Å²) in [6.07, 6.45) is -9.46. The quantitative estimate of drug-likeness (QED) is 0.138. The zero-order valence-corrected chi connectivity index (χ0v) is 32.1. The first-order valence-electron chi connectivity index (χ1n) is 19.6. The lowest BCUT2D eigenvalue weighted by atomic mass is 9.40. The van der Waals surface area contributed by atoms with E-state index in [4.69, 9.17) is 32.8 Å². The number of carbonyl (C=O) groups is 1. The van der Waals surface area contributed by atoms with Gasteiger partial charge in [-0.3, -0.25) is 4.79 Å². The van der Waals surface area contributed by atoms with Gasteiger partial charge < -0.3 is 68.6 Å². The number of fused-ring (bicyclic) bond motifs is 5. The van der Waals surface area contributed by atoms with Crippen molar-refractivity contribution in [1.29, 1.82) is 0 Å². The van der Waals surface area contributed by atoms with E-state index < -0.39 is 114 Å². The van der Waals surface area contributed by atoms with E-state index in [1.165, 1.54) is 26.4 Å². The molecule has 4 saturated carbocycles. The third-order valence-corrected chi connectivity index (χ3v) is 14.8. The molecule has 1 aromatic heterocycles. The second kappa shape index (κ2) is 15.0. The fraction of sp³-hybridized carbons (Fsp3) is 0.846. The number of hydrogen-bond donors (Lipinski definition) is 7. The second-order valence-electron chi connectivity index (χ2n) is 17.5. The Morgan fingerprint density at radius 3 is 2.29 bits per heavy atom. The Morgan fingerprint density at radius 2 is 1.64 bits per heavy atom. The molecule has 6 aliphatic rings. The maximum Gasteiger partial charge on any atom is 0.335 e. The molecule has 0 aromatic carbocycles. The van der Waals surface area contributed by atoms with E-state index in [9.17, 15) is 45.3 Å². The van der Waals surface area contributed by atoms with Gasteiger partial charge in [-0.15, -0.1) is 0 Å². The normalized spacial score (nSPS) is 51.1. The molecule has 19 atom stereocenters. The van der Waals surface area contributed by atoms with Crippen LogP contribution in [0.5, 0.6) is 0 Å². The molecule has 0 radical (unpaired) electrons. The number of carbonyl (C=O) groups excluding carboxylic acids is 1. The van der Waals surface area contributed by atoms with Crippen LogP contribution < -0.4 is 5.63 Å². The van der Waals surface area contributed by atoms with Crippen LogP contribution >= 0.6 is 0 Å². The highest BCUT2D eigenvalue weighted by molar-refractivity contribution is 5.66. The maximum atomic E-state index is 12.9. The number of rotatable bonds is 8. The molecule has 2 saturated heterocycles. The van der Waals surface area contributed by atoms with Crippen LogP contribution in [0.4, 0.5) is 0 Å². The van der Waals surface area contributed by atoms with Crippen molar-refractivity contribution in [2.75, 3.05) is 13.7 Å². The summed E-state index contributed by atoms with van der Waals surface area (Å²) in [5.41, 5.74) is -4.15. The molecule has 0 spiro atoms. The molecule has 310 valence electrons. The van der Waals surface area contributed by atoms with Gasteiger partial charge in [0.15, 0.2) is 12.6 Å². The Labute approximate surface area is 319 Å². The van der Waals surface area contributed by atoms with Crippen LogP contribution in [0.1, 0.15) is 90.5 Å². The van der Waals surface area contributed by atoms with Gasteiger partial charge in [-0.25, -0.2) is 4.79 Å². The van der Waals surface area contributed by atoms with Crippen molar-refractivity contribution >= 4 is 5.97 Å². The molecule has 0 amide bonds. The standard InChI is InChI=1S/C39H58O16/c1-18-28(43)33(49-5)31(46)35(51-18)55-32-25(16-40)54-34(30(45)29(32)44)53-21-8-11-36(3)23(14-21)24(52-19(2)41)15-38(47)26(36)10-12-37(4)22(9-13-39(37,38)48)20-6-7-27(42)50-17-20/h6-7,17-18,21-26,28-35,40,43-48H,8-16H2,1-5H3. The predicted molar refractivity (Wildman–Crippen MR) is 188 cm³/mol. The minimum atomic E-state index is -1.64.